The van der Waals surface area contributed by atoms with Crippen molar-refractivity contribution in [1.82, 2.24) is 15.2 Å². The Morgan fingerprint density at radius 3 is 2.54 bits per heavy atom. The van der Waals surface area contributed by atoms with E-state index in [2.05, 4.69) is 45.2 Å². The number of ether oxygens (including phenoxy) is 1. The van der Waals surface area contributed by atoms with E-state index in [9.17, 15) is 0 Å². The predicted octanol–water partition coefficient (Wildman–Crippen LogP) is 2.81. The number of hydrogen-bond donors (Lipinski definition) is 1. The maximum absolute atomic E-state index is 5.21. The van der Waals surface area contributed by atoms with Gasteiger partial charge in [-0.15, -0.1) is 0 Å². The minimum atomic E-state index is 0.828. The summed E-state index contributed by atoms with van der Waals surface area (Å²) in [7, 11) is 1.70. The molecule has 1 saturated heterocycles. The maximum atomic E-state index is 5.21. The van der Waals surface area contributed by atoms with Crippen LogP contribution >= 0.6 is 0 Å². The van der Waals surface area contributed by atoms with E-state index in [0.29, 0.717) is 0 Å². The number of benzene rings is 1. The van der Waals surface area contributed by atoms with Crippen molar-refractivity contribution in [2.45, 2.75) is 19.8 Å². The van der Waals surface area contributed by atoms with Crippen LogP contribution in [0.15, 0.2) is 53.7 Å². The minimum Gasteiger partial charge on any atom is -0.497 e. The van der Waals surface area contributed by atoms with Crippen molar-refractivity contribution in [3.05, 3.63) is 54.2 Å². The molecule has 1 fully saturated rings. The van der Waals surface area contributed by atoms with Crippen molar-refractivity contribution >= 4 is 11.8 Å². The molecule has 2 aromatic rings. The maximum Gasteiger partial charge on any atom is 0.194 e. The van der Waals surface area contributed by atoms with Crippen molar-refractivity contribution in [3.63, 3.8) is 0 Å². The molecular weight excluding hydrogens is 350 g/mol. The third-order valence-corrected chi connectivity index (χ3v) is 4.93. The van der Waals surface area contributed by atoms with Gasteiger partial charge in [-0.25, -0.2) is 4.98 Å². The number of hydrogen-bond acceptors (Lipinski definition) is 4. The van der Waals surface area contributed by atoms with E-state index in [0.717, 1.165) is 69.6 Å². The first kappa shape index (κ1) is 20.0. The number of pyridine rings is 1. The molecule has 28 heavy (non-hydrogen) atoms. The van der Waals surface area contributed by atoms with Crippen molar-refractivity contribution < 1.29 is 4.74 Å². The Hall–Kier alpha value is -2.76. The molecule has 0 spiro atoms. The van der Waals surface area contributed by atoms with Crippen molar-refractivity contribution in [2.75, 3.05) is 51.3 Å². The molecule has 6 heteroatoms. The predicted molar refractivity (Wildman–Crippen MR) is 115 cm³/mol. The van der Waals surface area contributed by atoms with Crippen LogP contribution in [0.1, 0.15) is 18.9 Å². The molecule has 1 aliphatic rings. The molecule has 0 aliphatic carbocycles. The SMILES string of the molecule is CCNC(=NCCCc1ccc(OC)cc1)N1CCN(c2ccccn2)CC1. The number of anilines is 1. The lowest BCUT2D eigenvalue weighted by molar-refractivity contribution is 0.371. The molecular formula is C22H31N5O. The summed E-state index contributed by atoms with van der Waals surface area (Å²) in [5.41, 5.74) is 1.32. The number of guanidine groups is 1. The summed E-state index contributed by atoms with van der Waals surface area (Å²) >= 11 is 0. The van der Waals surface area contributed by atoms with Gasteiger partial charge in [0.05, 0.1) is 7.11 Å². The monoisotopic (exact) mass is 381 g/mol. The van der Waals surface area contributed by atoms with Crippen LogP contribution in [-0.2, 0) is 6.42 Å². The van der Waals surface area contributed by atoms with Crippen LogP contribution < -0.4 is 15.0 Å². The lowest BCUT2D eigenvalue weighted by Gasteiger charge is -2.37. The Morgan fingerprint density at radius 1 is 1.11 bits per heavy atom. The Morgan fingerprint density at radius 2 is 1.89 bits per heavy atom. The van der Waals surface area contributed by atoms with Crippen LogP contribution in [0.25, 0.3) is 0 Å². The fourth-order valence-electron chi connectivity index (χ4n) is 3.37. The average Bonchev–Trinajstić information content (AvgIpc) is 2.77. The highest BCUT2D eigenvalue weighted by atomic mass is 16.5. The summed E-state index contributed by atoms with van der Waals surface area (Å²) in [5, 5.41) is 3.45. The lowest BCUT2D eigenvalue weighted by Crippen LogP contribution is -2.52. The van der Waals surface area contributed by atoms with E-state index in [1.54, 1.807) is 7.11 Å². The van der Waals surface area contributed by atoms with E-state index >= 15 is 0 Å². The number of nitrogens with one attached hydrogen (secondary N) is 1. The van der Waals surface area contributed by atoms with Gasteiger partial charge >= 0.3 is 0 Å². The second-order valence-corrected chi connectivity index (χ2v) is 6.85. The smallest absolute Gasteiger partial charge is 0.194 e. The third kappa shape index (κ3) is 5.62. The second kappa shape index (κ2) is 10.5. The molecule has 1 aliphatic heterocycles. The van der Waals surface area contributed by atoms with E-state index in [4.69, 9.17) is 9.73 Å². The molecule has 0 atom stereocenters. The van der Waals surface area contributed by atoms with Crippen molar-refractivity contribution in [1.29, 1.82) is 0 Å². The number of nitrogens with zero attached hydrogens (tertiary/aromatic N) is 4. The summed E-state index contributed by atoms with van der Waals surface area (Å²) < 4.78 is 5.21. The zero-order chi connectivity index (χ0) is 19.6. The van der Waals surface area contributed by atoms with Crippen molar-refractivity contribution in [3.8, 4) is 5.75 Å². The van der Waals surface area contributed by atoms with Gasteiger partial charge in [0.15, 0.2) is 5.96 Å². The molecule has 0 radical (unpaired) electrons. The quantitative estimate of drug-likeness (QED) is 0.454. The fraction of sp³-hybridized carbons (Fsp3) is 0.455. The molecule has 150 valence electrons. The fourth-order valence-corrected chi connectivity index (χ4v) is 3.37. The van der Waals surface area contributed by atoms with E-state index < -0.39 is 0 Å². The Kier molecular flexibility index (Phi) is 7.53. The molecule has 3 rings (SSSR count). The number of rotatable bonds is 7. The van der Waals surface area contributed by atoms with Crippen LogP contribution in [0.4, 0.5) is 5.82 Å². The van der Waals surface area contributed by atoms with Crippen LogP contribution in [0.3, 0.4) is 0 Å². The van der Waals surface area contributed by atoms with Crippen LogP contribution in [0.2, 0.25) is 0 Å². The second-order valence-electron chi connectivity index (χ2n) is 6.85. The summed E-state index contributed by atoms with van der Waals surface area (Å²) in [6.45, 7) is 7.69. The summed E-state index contributed by atoms with van der Waals surface area (Å²) in [6, 6.07) is 14.4. The molecule has 1 N–H and O–H groups in total. The molecule has 1 aromatic heterocycles. The largest absolute Gasteiger partial charge is 0.497 e. The zero-order valence-corrected chi connectivity index (χ0v) is 17.0. The van der Waals surface area contributed by atoms with Crippen LogP contribution in [0, 0.1) is 0 Å². The highest BCUT2D eigenvalue weighted by Crippen LogP contribution is 2.14. The highest BCUT2D eigenvalue weighted by molar-refractivity contribution is 5.80. The zero-order valence-electron chi connectivity index (χ0n) is 17.0. The van der Waals surface area contributed by atoms with Gasteiger partial charge in [-0.05, 0) is 49.6 Å². The topological polar surface area (TPSA) is 53.0 Å². The van der Waals surface area contributed by atoms with Gasteiger partial charge in [0, 0.05) is 45.5 Å². The van der Waals surface area contributed by atoms with Gasteiger partial charge < -0.3 is 19.9 Å². The van der Waals surface area contributed by atoms with E-state index in [1.807, 2.05) is 30.5 Å². The van der Waals surface area contributed by atoms with E-state index in [1.165, 1.54) is 5.56 Å². The number of piperazine rings is 1. The Labute approximate surface area is 168 Å². The lowest BCUT2D eigenvalue weighted by atomic mass is 10.1. The van der Waals surface area contributed by atoms with Gasteiger partial charge in [0.2, 0.25) is 0 Å². The Balaban J connectivity index is 1.48. The first-order valence-electron chi connectivity index (χ1n) is 10.1. The molecule has 0 unspecified atom stereocenters. The van der Waals surface area contributed by atoms with Gasteiger partial charge in [-0.3, -0.25) is 4.99 Å². The van der Waals surface area contributed by atoms with Crippen molar-refractivity contribution in [2.24, 2.45) is 4.99 Å². The standard InChI is InChI=1S/C22H31N5O/c1-3-23-22(25-14-6-7-19-9-11-20(28-2)12-10-19)27-17-15-26(16-18-27)21-8-4-5-13-24-21/h4-5,8-13H,3,6-7,14-18H2,1-2H3,(H,23,25). The molecule has 1 aromatic carbocycles. The Bertz CT molecular complexity index is 724. The first-order chi connectivity index (χ1) is 13.8. The summed E-state index contributed by atoms with van der Waals surface area (Å²) in [5.74, 6) is 2.99. The number of aryl methyl sites for hydroxylation is 1. The molecule has 0 saturated carbocycles. The summed E-state index contributed by atoms with van der Waals surface area (Å²) in [6.07, 6.45) is 3.92. The highest BCUT2D eigenvalue weighted by Gasteiger charge is 2.20. The third-order valence-electron chi connectivity index (χ3n) is 4.93. The van der Waals surface area contributed by atoms with Gasteiger partial charge in [0.25, 0.3) is 0 Å². The molecule has 6 nitrogen and oxygen atoms in total. The molecule has 2 heterocycles. The van der Waals surface area contributed by atoms with Gasteiger partial charge in [0.1, 0.15) is 11.6 Å². The average molecular weight is 382 g/mol. The van der Waals surface area contributed by atoms with Crippen LogP contribution in [0.5, 0.6) is 5.75 Å². The van der Waals surface area contributed by atoms with Crippen LogP contribution in [-0.4, -0.2) is 62.2 Å². The van der Waals surface area contributed by atoms with E-state index in [-0.39, 0.29) is 0 Å². The molecule has 0 bridgehead atoms. The van der Waals surface area contributed by atoms with Gasteiger partial charge in [-0.2, -0.15) is 0 Å². The number of methoxy groups -OCH3 is 1. The number of aliphatic imine (C=N–C) groups is 1. The normalized spacial score (nSPS) is 14.9. The van der Waals surface area contributed by atoms with Gasteiger partial charge in [-0.1, -0.05) is 18.2 Å². The number of aromatic nitrogens is 1. The molecule has 0 amide bonds. The minimum absolute atomic E-state index is 0.828. The summed E-state index contributed by atoms with van der Waals surface area (Å²) in [4.78, 5) is 14.0. The first-order valence-corrected chi connectivity index (χ1v) is 10.1.